The van der Waals surface area contributed by atoms with Gasteiger partial charge in [-0.1, -0.05) is 6.07 Å². The van der Waals surface area contributed by atoms with Gasteiger partial charge >= 0.3 is 6.01 Å². The van der Waals surface area contributed by atoms with E-state index in [-0.39, 0.29) is 11.9 Å². The lowest BCUT2D eigenvalue weighted by molar-refractivity contribution is 0.373. The molecule has 1 aromatic carbocycles. The monoisotopic (exact) mass is 437 g/mol. The molecule has 2 bridgehead atoms. The zero-order chi connectivity index (χ0) is 22.2. The molecule has 32 heavy (non-hydrogen) atoms. The summed E-state index contributed by atoms with van der Waals surface area (Å²) >= 11 is 0. The average Bonchev–Trinajstić information content (AvgIpc) is 3.24. The van der Waals surface area contributed by atoms with Crippen LogP contribution in [-0.4, -0.2) is 43.9 Å². The molecule has 0 amide bonds. The summed E-state index contributed by atoms with van der Waals surface area (Å²) in [4.78, 5) is 15.7. The Morgan fingerprint density at radius 3 is 2.59 bits per heavy atom. The molecule has 0 spiro atoms. The van der Waals surface area contributed by atoms with E-state index >= 15 is 0 Å². The summed E-state index contributed by atoms with van der Waals surface area (Å²) in [7, 11) is 0. The van der Waals surface area contributed by atoms with Crippen molar-refractivity contribution < 1.29 is 9.13 Å². The van der Waals surface area contributed by atoms with Crippen LogP contribution in [0.15, 0.2) is 36.7 Å². The predicted octanol–water partition coefficient (Wildman–Crippen LogP) is 4.22. The quantitative estimate of drug-likeness (QED) is 0.618. The van der Waals surface area contributed by atoms with E-state index in [1.54, 1.807) is 23.1 Å². The van der Waals surface area contributed by atoms with Gasteiger partial charge < -0.3 is 15.0 Å². The third-order valence-electron chi connectivity index (χ3n) is 6.34. The minimum atomic E-state index is -0.348. The van der Waals surface area contributed by atoms with Gasteiger partial charge in [0.2, 0.25) is 5.95 Å². The molecule has 2 fully saturated rings. The van der Waals surface area contributed by atoms with E-state index in [1.807, 2.05) is 20.8 Å². The van der Waals surface area contributed by atoms with Crippen molar-refractivity contribution >= 4 is 11.8 Å². The highest BCUT2D eigenvalue weighted by molar-refractivity contribution is 5.42. The second-order valence-corrected chi connectivity index (χ2v) is 9.01. The molecular formula is C23H28FN7O. The number of aromatic nitrogens is 5. The highest BCUT2D eigenvalue weighted by Crippen LogP contribution is 2.40. The maximum Gasteiger partial charge on any atom is 0.322 e. The second-order valence-electron chi connectivity index (χ2n) is 9.01. The van der Waals surface area contributed by atoms with Gasteiger partial charge in [-0.2, -0.15) is 4.98 Å². The largest absolute Gasteiger partial charge is 0.424 e. The number of rotatable bonds is 6. The van der Waals surface area contributed by atoms with Gasteiger partial charge in [0.05, 0.1) is 6.04 Å². The molecule has 0 radical (unpaired) electrons. The van der Waals surface area contributed by atoms with Crippen molar-refractivity contribution in [1.29, 1.82) is 0 Å². The standard InChI is InChI=1S/C23H28FN7O/c1-14(2)31-23(32-19-6-4-5-18(24)10-19)28-22(29-31)27-21-16-7-8-17(21)12-30(11-16)20-9-15(3)25-13-26-20/h4-6,9-10,13-14,16-17,21H,7-8,11-12H2,1-3H3,(H,27,29)/t16-,17+,21-. The predicted molar refractivity (Wildman–Crippen MR) is 119 cm³/mol. The Morgan fingerprint density at radius 2 is 1.91 bits per heavy atom. The van der Waals surface area contributed by atoms with E-state index in [1.165, 1.54) is 25.0 Å². The van der Waals surface area contributed by atoms with Gasteiger partial charge in [-0.25, -0.2) is 19.0 Å². The maximum absolute atomic E-state index is 13.6. The fraction of sp³-hybridized carbons (Fsp3) is 0.478. The number of nitrogens with zero attached hydrogens (tertiary/aromatic N) is 6. The Morgan fingerprint density at radius 1 is 1.12 bits per heavy atom. The number of hydrogen-bond acceptors (Lipinski definition) is 7. The van der Waals surface area contributed by atoms with Gasteiger partial charge in [-0.3, -0.25) is 0 Å². The lowest BCUT2D eigenvalue weighted by Gasteiger charge is -2.38. The first-order chi connectivity index (χ1) is 15.5. The van der Waals surface area contributed by atoms with Crippen LogP contribution in [0.1, 0.15) is 38.4 Å². The zero-order valence-electron chi connectivity index (χ0n) is 18.6. The number of hydrogen-bond donors (Lipinski definition) is 1. The van der Waals surface area contributed by atoms with Crippen molar-refractivity contribution in [2.75, 3.05) is 23.3 Å². The number of ether oxygens (including phenoxy) is 1. The molecule has 1 saturated heterocycles. The van der Waals surface area contributed by atoms with Crippen LogP contribution in [-0.2, 0) is 0 Å². The van der Waals surface area contributed by atoms with Crippen molar-refractivity contribution in [1.82, 2.24) is 24.7 Å². The molecule has 8 nitrogen and oxygen atoms in total. The first kappa shape index (κ1) is 20.7. The maximum atomic E-state index is 13.6. The number of benzene rings is 1. The van der Waals surface area contributed by atoms with Crippen LogP contribution in [0, 0.1) is 24.6 Å². The van der Waals surface area contributed by atoms with Crippen LogP contribution in [0.4, 0.5) is 16.2 Å². The SMILES string of the molecule is Cc1cc(N2C[C@H]3CC[C@@H](C2)[C@@H]3Nc2nc(Oc3cccc(F)c3)n(C(C)C)n2)ncn1. The highest BCUT2D eigenvalue weighted by Gasteiger charge is 2.43. The van der Waals surface area contributed by atoms with Crippen molar-refractivity contribution in [3.05, 3.63) is 48.2 Å². The normalized spacial score (nSPS) is 22.4. The summed E-state index contributed by atoms with van der Waals surface area (Å²) < 4.78 is 21.2. The lowest BCUT2D eigenvalue weighted by atomic mass is 9.92. The molecule has 1 aliphatic carbocycles. The molecule has 3 heterocycles. The van der Waals surface area contributed by atoms with E-state index in [0.717, 1.165) is 24.6 Å². The molecule has 1 N–H and O–H groups in total. The van der Waals surface area contributed by atoms with Crippen LogP contribution < -0.4 is 15.0 Å². The molecule has 2 aromatic heterocycles. The molecular weight excluding hydrogens is 409 g/mol. The number of nitrogens with one attached hydrogen (secondary N) is 1. The lowest BCUT2D eigenvalue weighted by Crippen LogP contribution is -2.48. The Labute approximate surface area is 186 Å². The smallest absolute Gasteiger partial charge is 0.322 e. The summed E-state index contributed by atoms with van der Waals surface area (Å²) in [6, 6.07) is 8.82. The van der Waals surface area contributed by atoms with Crippen LogP contribution in [0.25, 0.3) is 0 Å². The molecule has 3 atom stereocenters. The minimum Gasteiger partial charge on any atom is -0.424 e. The van der Waals surface area contributed by atoms with Gasteiger partial charge in [-0.15, -0.1) is 5.10 Å². The van der Waals surface area contributed by atoms with Gasteiger partial charge in [0.15, 0.2) is 0 Å². The number of piperidine rings is 1. The van der Waals surface area contributed by atoms with E-state index in [2.05, 4.69) is 36.3 Å². The third kappa shape index (κ3) is 4.11. The molecule has 0 unspecified atom stereocenters. The van der Waals surface area contributed by atoms with Crippen LogP contribution in [0.3, 0.4) is 0 Å². The Kier molecular flexibility index (Phi) is 5.40. The zero-order valence-corrected chi connectivity index (χ0v) is 18.6. The topological polar surface area (TPSA) is 81.0 Å². The molecule has 1 saturated carbocycles. The van der Waals surface area contributed by atoms with Crippen molar-refractivity contribution in [2.24, 2.45) is 11.8 Å². The van der Waals surface area contributed by atoms with E-state index in [9.17, 15) is 4.39 Å². The van der Waals surface area contributed by atoms with E-state index < -0.39 is 0 Å². The number of halogens is 1. The molecule has 168 valence electrons. The van der Waals surface area contributed by atoms with Crippen LogP contribution in [0.2, 0.25) is 0 Å². The van der Waals surface area contributed by atoms with Crippen molar-refractivity contribution in [2.45, 2.75) is 45.7 Å². The Balaban J connectivity index is 1.32. The van der Waals surface area contributed by atoms with E-state index in [4.69, 9.17) is 4.74 Å². The number of anilines is 2. The van der Waals surface area contributed by atoms with Gasteiger partial charge in [0.1, 0.15) is 23.7 Å². The fourth-order valence-electron chi connectivity index (χ4n) is 4.82. The van der Waals surface area contributed by atoms with Gasteiger partial charge in [-0.05, 0) is 57.6 Å². The molecule has 1 aliphatic heterocycles. The average molecular weight is 438 g/mol. The van der Waals surface area contributed by atoms with Crippen LogP contribution >= 0.6 is 0 Å². The number of aryl methyl sites for hydroxylation is 1. The first-order valence-corrected chi connectivity index (χ1v) is 11.2. The highest BCUT2D eigenvalue weighted by atomic mass is 19.1. The summed E-state index contributed by atoms with van der Waals surface area (Å²) in [5, 5.41) is 8.23. The Bertz CT molecular complexity index is 1090. The molecule has 5 rings (SSSR count). The summed E-state index contributed by atoms with van der Waals surface area (Å²) in [6.45, 7) is 7.92. The van der Waals surface area contributed by atoms with Crippen molar-refractivity contribution in [3.63, 3.8) is 0 Å². The molecule has 3 aromatic rings. The molecule has 9 heteroatoms. The second kappa shape index (κ2) is 8.37. The Hall–Kier alpha value is -3.23. The minimum absolute atomic E-state index is 0.0567. The third-order valence-corrected chi connectivity index (χ3v) is 6.34. The van der Waals surface area contributed by atoms with E-state index in [0.29, 0.717) is 35.6 Å². The summed E-state index contributed by atoms with van der Waals surface area (Å²) in [5.74, 6) is 2.59. The fourth-order valence-corrected chi connectivity index (χ4v) is 4.82. The molecule has 2 aliphatic rings. The van der Waals surface area contributed by atoms with Gasteiger partial charge in [0, 0.05) is 37.0 Å². The summed E-state index contributed by atoms with van der Waals surface area (Å²) in [6.07, 6.45) is 3.97. The van der Waals surface area contributed by atoms with Crippen LogP contribution in [0.5, 0.6) is 11.8 Å². The van der Waals surface area contributed by atoms with Crippen molar-refractivity contribution in [3.8, 4) is 11.8 Å². The summed E-state index contributed by atoms with van der Waals surface area (Å²) in [5.41, 5.74) is 0.983. The first-order valence-electron chi connectivity index (χ1n) is 11.2. The van der Waals surface area contributed by atoms with Gasteiger partial charge in [0.25, 0.3) is 0 Å². The number of fused-ring (bicyclic) bond motifs is 2.